The van der Waals surface area contributed by atoms with Crippen molar-refractivity contribution in [2.45, 2.75) is 26.9 Å². The molecule has 0 radical (unpaired) electrons. The quantitative estimate of drug-likeness (QED) is 0.537. The molecule has 0 heterocycles. The van der Waals surface area contributed by atoms with Crippen molar-refractivity contribution in [3.8, 4) is 11.5 Å². The molecule has 2 atom stereocenters. The van der Waals surface area contributed by atoms with Crippen molar-refractivity contribution in [2.75, 3.05) is 20.8 Å². The Balaban J connectivity index is 3.08. The van der Waals surface area contributed by atoms with Gasteiger partial charge in [0, 0.05) is 0 Å². The third kappa shape index (κ3) is 6.04. The van der Waals surface area contributed by atoms with E-state index in [1.165, 1.54) is 27.2 Å². The van der Waals surface area contributed by atoms with Crippen molar-refractivity contribution in [1.82, 2.24) is 0 Å². The highest BCUT2D eigenvalue weighted by atomic mass is 16.5. The van der Waals surface area contributed by atoms with Crippen LogP contribution in [0.1, 0.15) is 31.1 Å². The second kappa shape index (κ2) is 10.4. The Labute approximate surface area is 154 Å². The predicted octanol–water partition coefficient (Wildman–Crippen LogP) is 2.95. The molecule has 26 heavy (non-hydrogen) atoms. The number of benzene rings is 1. The molecule has 142 valence electrons. The summed E-state index contributed by atoms with van der Waals surface area (Å²) >= 11 is 0. The van der Waals surface area contributed by atoms with Gasteiger partial charge in [0.05, 0.1) is 32.3 Å². The molecule has 0 amide bonds. The van der Waals surface area contributed by atoms with Gasteiger partial charge >= 0.3 is 5.97 Å². The van der Waals surface area contributed by atoms with Crippen LogP contribution in [-0.4, -0.2) is 43.8 Å². The van der Waals surface area contributed by atoms with Crippen LogP contribution in [0.3, 0.4) is 0 Å². The molecule has 0 spiro atoms. The fraction of sp³-hybridized carbons (Fsp3) is 0.400. The Morgan fingerprint density at radius 3 is 2.35 bits per heavy atom. The van der Waals surface area contributed by atoms with Crippen LogP contribution >= 0.6 is 0 Å². The number of aliphatic hydroxyl groups is 1. The largest absolute Gasteiger partial charge is 0.493 e. The second-order valence-corrected chi connectivity index (χ2v) is 5.83. The number of methoxy groups -OCH3 is 2. The third-order valence-corrected chi connectivity index (χ3v) is 3.91. The minimum Gasteiger partial charge on any atom is -0.493 e. The van der Waals surface area contributed by atoms with Crippen LogP contribution in [0.2, 0.25) is 0 Å². The topological polar surface area (TPSA) is 82.1 Å². The average Bonchev–Trinajstić information content (AvgIpc) is 2.64. The molecule has 1 N–H and O–H groups in total. The lowest BCUT2D eigenvalue weighted by Gasteiger charge is -2.20. The maximum Gasteiger partial charge on any atom is 0.338 e. The molecule has 0 aromatic heterocycles. The number of aliphatic hydroxyl groups excluding tert-OH is 1. The van der Waals surface area contributed by atoms with Crippen LogP contribution in [0.15, 0.2) is 42.0 Å². The number of allylic oxidation sites excluding steroid dienone is 2. The number of ketones is 1. The number of esters is 1. The maximum absolute atomic E-state index is 12.5. The SMILES string of the molecule is COc1ccc(C(=O)O[C@H](/C=C(C)/C=C/CO)[C@@H](C)C(C)=O)cc1OC. The highest BCUT2D eigenvalue weighted by Gasteiger charge is 2.24. The summed E-state index contributed by atoms with van der Waals surface area (Å²) in [6.07, 6.45) is 4.23. The fourth-order valence-corrected chi connectivity index (χ4v) is 2.22. The second-order valence-electron chi connectivity index (χ2n) is 5.83. The molecule has 0 aliphatic rings. The van der Waals surface area contributed by atoms with Crippen LogP contribution in [0.5, 0.6) is 11.5 Å². The van der Waals surface area contributed by atoms with Gasteiger partial charge in [-0.25, -0.2) is 4.79 Å². The number of carbonyl (C=O) groups excluding carboxylic acids is 2. The van der Waals surface area contributed by atoms with E-state index in [9.17, 15) is 9.59 Å². The zero-order valence-electron chi connectivity index (χ0n) is 15.8. The zero-order chi connectivity index (χ0) is 19.7. The molecule has 0 aliphatic heterocycles. The van der Waals surface area contributed by atoms with Crippen LogP contribution in [-0.2, 0) is 9.53 Å². The summed E-state index contributed by atoms with van der Waals surface area (Å²) < 4.78 is 15.9. The van der Waals surface area contributed by atoms with Crippen molar-refractivity contribution in [3.63, 3.8) is 0 Å². The molecule has 1 aromatic rings. The zero-order valence-corrected chi connectivity index (χ0v) is 15.8. The van der Waals surface area contributed by atoms with Gasteiger partial charge in [0.15, 0.2) is 11.5 Å². The van der Waals surface area contributed by atoms with Crippen LogP contribution in [0.25, 0.3) is 0 Å². The number of rotatable bonds is 9. The van der Waals surface area contributed by atoms with Crippen LogP contribution in [0.4, 0.5) is 0 Å². The predicted molar refractivity (Wildman–Crippen MR) is 98.6 cm³/mol. The van der Waals surface area contributed by atoms with Gasteiger partial charge in [-0.1, -0.05) is 24.6 Å². The van der Waals surface area contributed by atoms with Crippen LogP contribution in [0, 0.1) is 5.92 Å². The lowest BCUT2D eigenvalue weighted by molar-refractivity contribution is -0.122. The van der Waals surface area contributed by atoms with Crippen molar-refractivity contribution in [3.05, 3.63) is 47.6 Å². The van der Waals surface area contributed by atoms with Gasteiger partial charge in [-0.05, 0) is 38.1 Å². The Kier molecular flexibility index (Phi) is 8.58. The summed E-state index contributed by atoms with van der Waals surface area (Å²) in [6, 6.07) is 4.71. The molecule has 0 bridgehead atoms. The summed E-state index contributed by atoms with van der Waals surface area (Å²) in [4.78, 5) is 24.3. The van der Waals surface area contributed by atoms with Gasteiger partial charge in [-0.2, -0.15) is 0 Å². The first-order valence-corrected chi connectivity index (χ1v) is 8.23. The van der Waals surface area contributed by atoms with E-state index in [2.05, 4.69) is 0 Å². The van der Waals surface area contributed by atoms with Gasteiger partial charge < -0.3 is 19.3 Å². The maximum atomic E-state index is 12.5. The number of hydrogen-bond acceptors (Lipinski definition) is 6. The number of hydrogen-bond donors (Lipinski definition) is 1. The van der Waals surface area contributed by atoms with E-state index in [4.69, 9.17) is 19.3 Å². The monoisotopic (exact) mass is 362 g/mol. The Bertz CT molecular complexity index is 690. The molecule has 1 aromatic carbocycles. The van der Waals surface area contributed by atoms with Crippen molar-refractivity contribution in [2.24, 2.45) is 5.92 Å². The van der Waals surface area contributed by atoms with Crippen molar-refractivity contribution in [1.29, 1.82) is 0 Å². The standard InChI is InChI=1S/C20H26O6/c1-13(7-6-10-21)11-18(14(2)15(3)22)26-20(23)16-8-9-17(24-4)19(12-16)25-5/h6-9,11-12,14,18,21H,10H2,1-5H3/b7-6+,13-11+/t14-,18+/m0/s1. The van der Waals surface area contributed by atoms with E-state index < -0.39 is 18.0 Å². The van der Waals surface area contributed by atoms with E-state index in [0.29, 0.717) is 17.1 Å². The molecule has 0 saturated heterocycles. The van der Waals surface area contributed by atoms with Gasteiger partial charge in [0.1, 0.15) is 11.9 Å². The third-order valence-electron chi connectivity index (χ3n) is 3.91. The fourth-order valence-electron chi connectivity index (χ4n) is 2.22. The first-order chi connectivity index (χ1) is 12.3. The molecule has 6 heteroatoms. The summed E-state index contributed by atoms with van der Waals surface area (Å²) in [6.45, 7) is 4.86. The number of carbonyl (C=O) groups is 2. The minimum absolute atomic E-state index is 0.0923. The lowest BCUT2D eigenvalue weighted by atomic mass is 9.98. The summed E-state index contributed by atoms with van der Waals surface area (Å²) in [5.74, 6) is -0.251. The molecule has 0 aliphatic carbocycles. The summed E-state index contributed by atoms with van der Waals surface area (Å²) in [5, 5.41) is 8.86. The normalized spacial score (nSPS) is 14.0. The Morgan fingerprint density at radius 1 is 1.15 bits per heavy atom. The van der Waals surface area contributed by atoms with Crippen molar-refractivity contribution >= 4 is 11.8 Å². The molecule has 6 nitrogen and oxygen atoms in total. The first-order valence-electron chi connectivity index (χ1n) is 8.23. The van der Waals surface area contributed by atoms with E-state index in [0.717, 1.165) is 5.57 Å². The van der Waals surface area contributed by atoms with E-state index in [1.54, 1.807) is 44.2 Å². The molecule has 0 fully saturated rings. The lowest BCUT2D eigenvalue weighted by Crippen LogP contribution is -2.28. The van der Waals surface area contributed by atoms with Gasteiger partial charge in [-0.3, -0.25) is 4.79 Å². The Morgan fingerprint density at radius 2 is 1.81 bits per heavy atom. The first kappa shape index (κ1) is 21.4. The number of ether oxygens (including phenoxy) is 3. The smallest absolute Gasteiger partial charge is 0.338 e. The Hall–Kier alpha value is -2.60. The molecule has 0 saturated carbocycles. The van der Waals surface area contributed by atoms with Gasteiger partial charge in [-0.15, -0.1) is 0 Å². The highest BCUT2D eigenvalue weighted by molar-refractivity contribution is 5.91. The minimum atomic E-state index is -0.726. The molecule has 1 rings (SSSR count). The molecule has 0 unspecified atom stereocenters. The van der Waals surface area contributed by atoms with E-state index >= 15 is 0 Å². The average molecular weight is 362 g/mol. The molecular formula is C20H26O6. The summed E-state index contributed by atoms with van der Waals surface area (Å²) in [5.41, 5.74) is 1.07. The van der Waals surface area contributed by atoms with E-state index in [-0.39, 0.29) is 12.4 Å². The van der Waals surface area contributed by atoms with Gasteiger partial charge in [0.25, 0.3) is 0 Å². The highest BCUT2D eigenvalue weighted by Crippen LogP contribution is 2.28. The van der Waals surface area contributed by atoms with Crippen molar-refractivity contribution < 1.29 is 28.9 Å². The van der Waals surface area contributed by atoms with E-state index in [1.807, 2.05) is 0 Å². The molecular weight excluding hydrogens is 336 g/mol. The van der Waals surface area contributed by atoms with Crippen LogP contribution < -0.4 is 9.47 Å². The van der Waals surface area contributed by atoms with Gasteiger partial charge in [0.2, 0.25) is 0 Å². The summed E-state index contributed by atoms with van der Waals surface area (Å²) in [7, 11) is 2.99. The number of Topliss-reactive ketones (excluding diaryl/α,β-unsaturated/α-hetero) is 1.